The van der Waals surface area contributed by atoms with E-state index in [1.807, 2.05) is 31.2 Å². The van der Waals surface area contributed by atoms with E-state index in [1.165, 1.54) is 11.3 Å². The number of piperidine rings is 1. The van der Waals surface area contributed by atoms with Crippen LogP contribution in [0.1, 0.15) is 23.0 Å². The highest BCUT2D eigenvalue weighted by atomic mass is 32.1. The molecule has 1 saturated heterocycles. The van der Waals surface area contributed by atoms with Crippen LogP contribution < -0.4 is 5.73 Å². The maximum Gasteiger partial charge on any atom is 0.266 e. The Kier molecular flexibility index (Phi) is 3.40. The number of benzene rings is 1. The van der Waals surface area contributed by atoms with Crippen molar-refractivity contribution in [3.05, 3.63) is 29.1 Å². The van der Waals surface area contributed by atoms with Crippen LogP contribution in [0, 0.1) is 5.92 Å². The van der Waals surface area contributed by atoms with E-state index in [1.54, 1.807) is 4.90 Å². The molecular formula is C15H18N2O2S. The van der Waals surface area contributed by atoms with Crippen molar-refractivity contribution in [3.8, 4) is 0 Å². The van der Waals surface area contributed by atoms with E-state index in [0.29, 0.717) is 23.7 Å². The molecule has 0 saturated carbocycles. The zero-order valence-electron chi connectivity index (χ0n) is 11.4. The number of thiophene rings is 1. The second-order valence-electron chi connectivity index (χ2n) is 5.43. The minimum Gasteiger partial charge on any atom is -0.397 e. The summed E-state index contributed by atoms with van der Waals surface area (Å²) in [6.45, 7) is 3.10. The first-order chi connectivity index (χ1) is 9.58. The van der Waals surface area contributed by atoms with Gasteiger partial charge < -0.3 is 15.7 Å². The lowest BCUT2D eigenvalue weighted by Gasteiger charge is -2.34. The molecule has 1 aromatic carbocycles. The first kappa shape index (κ1) is 13.4. The molecule has 4 nitrogen and oxygen atoms in total. The van der Waals surface area contributed by atoms with E-state index in [4.69, 9.17) is 5.73 Å². The normalized spacial score (nSPS) is 23.2. The van der Waals surface area contributed by atoms with E-state index in [9.17, 15) is 9.90 Å². The molecule has 2 heterocycles. The smallest absolute Gasteiger partial charge is 0.266 e. The maximum absolute atomic E-state index is 12.6. The van der Waals surface area contributed by atoms with Crippen molar-refractivity contribution in [2.75, 3.05) is 18.8 Å². The van der Waals surface area contributed by atoms with Crippen molar-refractivity contribution in [2.24, 2.45) is 5.92 Å². The molecule has 2 aromatic rings. The summed E-state index contributed by atoms with van der Waals surface area (Å²) in [6.07, 6.45) is 0.390. The fraction of sp³-hybridized carbons (Fsp3) is 0.400. The molecule has 106 valence electrons. The highest BCUT2D eigenvalue weighted by Gasteiger charge is 2.29. The van der Waals surface area contributed by atoms with Crippen molar-refractivity contribution in [1.82, 2.24) is 4.90 Å². The standard InChI is InChI=1S/C15H18N2O2S/c1-9-6-7-17(8-11(9)18)15(19)14-13(16)10-4-2-3-5-12(10)20-14/h2-5,9,11,18H,6-8,16H2,1H3. The average molecular weight is 290 g/mol. The molecule has 0 bridgehead atoms. The Labute approximate surface area is 121 Å². The number of aliphatic hydroxyl groups is 1. The number of β-amino-alcohol motifs (C(OH)–C–C–N with tert-alkyl or cyclic N) is 1. The van der Waals surface area contributed by atoms with Gasteiger partial charge in [-0.1, -0.05) is 25.1 Å². The van der Waals surface area contributed by atoms with Gasteiger partial charge in [-0.25, -0.2) is 0 Å². The van der Waals surface area contributed by atoms with Crippen LogP contribution in [0.15, 0.2) is 24.3 Å². The Bertz CT molecular complexity index is 652. The van der Waals surface area contributed by atoms with E-state index >= 15 is 0 Å². The van der Waals surface area contributed by atoms with Gasteiger partial charge in [-0.05, 0) is 18.4 Å². The number of nitrogens with two attached hydrogens (primary N) is 1. The van der Waals surface area contributed by atoms with Crippen LogP contribution >= 0.6 is 11.3 Å². The van der Waals surface area contributed by atoms with Gasteiger partial charge in [0.25, 0.3) is 5.91 Å². The minimum absolute atomic E-state index is 0.0605. The van der Waals surface area contributed by atoms with Gasteiger partial charge >= 0.3 is 0 Å². The van der Waals surface area contributed by atoms with Crippen LogP contribution in [0.25, 0.3) is 10.1 Å². The fourth-order valence-electron chi connectivity index (χ4n) is 2.60. The first-order valence-corrected chi connectivity index (χ1v) is 7.64. The number of aliphatic hydroxyl groups excluding tert-OH is 1. The largest absolute Gasteiger partial charge is 0.397 e. The number of carbonyl (C=O) groups excluding carboxylic acids is 1. The summed E-state index contributed by atoms with van der Waals surface area (Å²) in [4.78, 5) is 14.9. The predicted molar refractivity (Wildman–Crippen MR) is 81.9 cm³/mol. The van der Waals surface area contributed by atoms with Crippen LogP contribution in [0.2, 0.25) is 0 Å². The van der Waals surface area contributed by atoms with Crippen molar-refractivity contribution >= 4 is 33.0 Å². The van der Waals surface area contributed by atoms with Gasteiger partial charge in [0.05, 0.1) is 11.8 Å². The van der Waals surface area contributed by atoms with Crippen LogP contribution in [0.3, 0.4) is 0 Å². The summed E-state index contributed by atoms with van der Waals surface area (Å²) in [5.74, 6) is 0.188. The molecule has 1 aromatic heterocycles. The minimum atomic E-state index is -0.441. The predicted octanol–water partition coefficient (Wildman–Crippen LogP) is 2.33. The van der Waals surface area contributed by atoms with Crippen LogP contribution in [-0.4, -0.2) is 35.1 Å². The lowest BCUT2D eigenvalue weighted by Crippen LogP contribution is -2.45. The fourth-order valence-corrected chi connectivity index (χ4v) is 3.69. The van der Waals surface area contributed by atoms with Crippen molar-refractivity contribution in [3.63, 3.8) is 0 Å². The van der Waals surface area contributed by atoms with E-state index in [-0.39, 0.29) is 11.8 Å². The van der Waals surface area contributed by atoms with Gasteiger partial charge in [0.15, 0.2) is 0 Å². The summed E-state index contributed by atoms with van der Waals surface area (Å²) in [7, 11) is 0. The summed E-state index contributed by atoms with van der Waals surface area (Å²) in [6, 6.07) is 7.77. The number of nitrogens with zero attached hydrogens (tertiary/aromatic N) is 1. The molecule has 0 radical (unpaired) electrons. The zero-order chi connectivity index (χ0) is 14.3. The lowest BCUT2D eigenvalue weighted by atomic mass is 9.96. The molecule has 2 unspecified atom stereocenters. The quantitative estimate of drug-likeness (QED) is 0.847. The van der Waals surface area contributed by atoms with E-state index in [2.05, 4.69) is 0 Å². The number of fused-ring (bicyclic) bond motifs is 1. The molecule has 5 heteroatoms. The molecule has 0 aliphatic carbocycles. The Morgan fingerprint density at radius 1 is 1.45 bits per heavy atom. The number of hydrogen-bond donors (Lipinski definition) is 2. The van der Waals surface area contributed by atoms with Gasteiger partial charge in [-0.15, -0.1) is 11.3 Å². The molecule has 3 rings (SSSR count). The maximum atomic E-state index is 12.6. The van der Waals surface area contributed by atoms with Crippen LogP contribution in [-0.2, 0) is 0 Å². The third-order valence-electron chi connectivity index (χ3n) is 4.03. The molecule has 1 fully saturated rings. The number of amides is 1. The summed E-state index contributed by atoms with van der Waals surface area (Å²) in [5, 5.41) is 10.9. The molecular weight excluding hydrogens is 272 g/mol. The molecule has 1 amide bonds. The SMILES string of the molecule is CC1CCN(C(=O)c2sc3ccccc3c2N)CC1O. The summed E-state index contributed by atoms with van der Waals surface area (Å²) in [5.41, 5.74) is 6.67. The highest BCUT2D eigenvalue weighted by Crippen LogP contribution is 2.34. The number of carbonyl (C=O) groups is 1. The zero-order valence-corrected chi connectivity index (χ0v) is 12.2. The van der Waals surface area contributed by atoms with Crippen molar-refractivity contribution < 1.29 is 9.90 Å². The third-order valence-corrected chi connectivity index (χ3v) is 5.21. The Hall–Kier alpha value is -1.59. The van der Waals surface area contributed by atoms with Gasteiger partial charge in [0.1, 0.15) is 4.88 Å². The van der Waals surface area contributed by atoms with Crippen molar-refractivity contribution in [1.29, 1.82) is 0 Å². The van der Waals surface area contributed by atoms with Crippen LogP contribution in [0.5, 0.6) is 0 Å². The van der Waals surface area contributed by atoms with Gasteiger partial charge in [0.2, 0.25) is 0 Å². The van der Waals surface area contributed by atoms with Crippen molar-refractivity contribution in [2.45, 2.75) is 19.4 Å². The number of rotatable bonds is 1. The number of anilines is 1. The molecule has 3 N–H and O–H groups in total. The molecule has 2 atom stereocenters. The number of hydrogen-bond acceptors (Lipinski definition) is 4. The second-order valence-corrected chi connectivity index (χ2v) is 6.48. The second kappa shape index (κ2) is 5.07. The number of likely N-dealkylation sites (tertiary alicyclic amines) is 1. The van der Waals surface area contributed by atoms with Gasteiger partial charge in [0, 0.05) is 23.2 Å². The van der Waals surface area contributed by atoms with E-state index < -0.39 is 6.10 Å². The lowest BCUT2D eigenvalue weighted by molar-refractivity contribution is 0.0252. The molecule has 1 aliphatic heterocycles. The molecule has 0 spiro atoms. The topological polar surface area (TPSA) is 66.6 Å². The summed E-state index contributed by atoms with van der Waals surface area (Å²) < 4.78 is 1.03. The Morgan fingerprint density at radius 2 is 2.20 bits per heavy atom. The van der Waals surface area contributed by atoms with Gasteiger partial charge in [-0.2, -0.15) is 0 Å². The summed E-state index contributed by atoms with van der Waals surface area (Å²) >= 11 is 1.43. The Morgan fingerprint density at radius 3 is 2.90 bits per heavy atom. The van der Waals surface area contributed by atoms with E-state index in [0.717, 1.165) is 16.5 Å². The molecule has 20 heavy (non-hydrogen) atoms. The number of nitrogen functional groups attached to an aromatic ring is 1. The highest BCUT2D eigenvalue weighted by molar-refractivity contribution is 7.21. The average Bonchev–Trinajstić information content (AvgIpc) is 2.79. The van der Waals surface area contributed by atoms with Crippen LogP contribution in [0.4, 0.5) is 5.69 Å². The monoisotopic (exact) mass is 290 g/mol. The van der Waals surface area contributed by atoms with Gasteiger partial charge in [-0.3, -0.25) is 4.79 Å². The Balaban J connectivity index is 1.91. The molecule has 1 aliphatic rings. The third kappa shape index (κ3) is 2.17. The first-order valence-electron chi connectivity index (χ1n) is 6.82.